The van der Waals surface area contributed by atoms with Crippen molar-refractivity contribution in [3.63, 3.8) is 0 Å². The van der Waals surface area contributed by atoms with Crippen molar-refractivity contribution in [1.82, 2.24) is 9.78 Å². The maximum absolute atomic E-state index is 11.4. The maximum atomic E-state index is 11.4. The van der Waals surface area contributed by atoms with Crippen LogP contribution in [0.1, 0.15) is 20.8 Å². The van der Waals surface area contributed by atoms with Crippen LogP contribution in [0.5, 0.6) is 0 Å². The molecule has 0 radical (unpaired) electrons. The van der Waals surface area contributed by atoms with Crippen LogP contribution in [-0.2, 0) is 0 Å². The number of aldehydes is 1. The van der Waals surface area contributed by atoms with E-state index in [-0.39, 0.29) is 0 Å². The van der Waals surface area contributed by atoms with Gasteiger partial charge in [0.1, 0.15) is 5.69 Å². The topological polar surface area (TPSA) is 34.9 Å². The van der Waals surface area contributed by atoms with Crippen LogP contribution in [0.15, 0.2) is 40.3 Å². The highest BCUT2D eigenvalue weighted by Gasteiger charge is 2.15. The summed E-state index contributed by atoms with van der Waals surface area (Å²) in [5, 5.41) is 4.60. The molecule has 2 heterocycles. The normalized spacial score (nSPS) is 10.8. The molecule has 106 valence electrons. The van der Waals surface area contributed by atoms with E-state index in [1.807, 2.05) is 44.2 Å². The summed E-state index contributed by atoms with van der Waals surface area (Å²) in [7, 11) is 0. The van der Waals surface area contributed by atoms with E-state index >= 15 is 0 Å². The predicted octanol–water partition coefficient (Wildman–Crippen LogP) is 4.79. The molecule has 1 aromatic carbocycles. The van der Waals surface area contributed by atoms with Gasteiger partial charge in [0.05, 0.1) is 15.0 Å². The quantitative estimate of drug-likeness (QED) is 0.629. The van der Waals surface area contributed by atoms with Crippen molar-refractivity contribution in [2.75, 3.05) is 0 Å². The van der Waals surface area contributed by atoms with Crippen molar-refractivity contribution in [2.24, 2.45) is 0 Å². The minimum absolute atomic E-state index is 0.601. The first-order chi connectivity index (χ1) is 10.1. The smallest absolute Gasteiger partial charge is 0.153 e. The number of carbonyl (C=O) groups excluding carboxylic acids is 1. The molecule has 0 atom stereocenters. The average Bonchev–Trinajstić information content (AvgIpc) is 3.02. The molecular weight excluding hydrogens is 348 g/mol. The monoisotopic (exact) mass is 360 g/mol. The van der Waals surface area contributed by atoms with Gasteiger partial charge in [-0.05, 0) is 48.0 Å². The summed E-state index contributed by atoms with van der Waals surface area (Å²) in [6.07, 6.45) is 2.63. The largest absolute Gasteiger partial charge is 0.298 e. The van der Waals surface area contributed by atoms with Crippen molar-refractivity contribution in [2.45, 2.75) is 13.8 Å². The third-order valence-corrected chi connectivity index (χ3v) is 4.86. The van der Waals surface area contributed by atoms with Crippen molar-refractivity contribution in [3.8, 4) is 16.9 Å². The van der Waals surface area contributed by atoms with Crippen molar-refractivity contribution >= 4 is 33.6 Å². The van der Waals surface area contributed by atoms with Crippen LogP contribution in [0.4, 0.5) is 0 Å². The fraction of sp³-hybridized carbons (Fsp3) is 0.125. The Morgan fingerprint density at radius 3 is 2.52 bits per heavy atom. The van der Waals surface area contributed by atoms with E-state index in [4.69, 9.17) is 0 Å². The zero-order valence-corrected chi connectivity index (χ0v) is 14.0. The van der Waals surface area contributed by atoms with Gasteiger partial charge in [-0.25, -0.2) is 4.68 Å². The van der Waals surface area contributed by atoms with Gasteiger partial charge in [-0.3, -0.25) is 4.79 Å². The molecule has 3 rings (SSSR count). The lowest BCUT2D eigenvalue weighted by atomic mass is 10.1. The maximum Gasteiger partial charge on any atom is 0.153 e. The number of nitrogens with zero attached hydrogens (tertiary/aromatic N) is 2. The molecule has 0 saturated carbocycles. The first-order valence-electron chi connectivity index (χ1n) is 6.46. The first-order valence-corrected chi connectivity index (χ1v) is 8.07. The Morgan fingerprint density at radius 2 is 1.95 bits per heavy atom. The molecule has 0 aliphatic rings. The van der Waals surface area contributed by atoms with Gasteiger partial charge in [0, 0.05) is 16.6 Å². The third-order valence-electron chi connectivity index (χ3n) is 3.31. The number of halogens is 1. The lowest BCUT2D eigenvalue weighted by Gasteiger charge is -2.01. The summed E-state index contributed by atoms with van der Waals surface area (Å²) in [5.41, 5.74) is 4.47. The van der Waals surface area contributed by atoms with Gasteiger partial charge in [-0.15, -0.1) is 11.3 Å². The zero-order valence-electron chi connectivity index (χ0n) is 11.6. The molecule has 0 unspecified atom stereocenters. The lowest BCUT2D eigenvalue weighted by molar-refractivity contribution is 0.112. The summed E-state index contributed by atoms with van der Waals surface area (Å²) in [5.74, 6) is 0. The molecule has 3 nitrogen and oxygen atoms in total. The molecule has 3 aromatic rings. The highest BCUT2D eigenvalue weighted by Crippen LogP contribution is 2.34. The lowest BCUT2D eigenvalue weighted by Crippen LogP contribution is -1.94. The molecule has 0 fully saturated rings. The van der Waals surface area contributed by atoms with E-state index in [1.165, 1.54) is 5.56 Å². The number of carbonyl (C=O) groups is 1. The van der Waals surface area contributed by atoms with Gasteiger partial charge in [0.2, 0.25) is 0 Å². The second kappa shape index (κ2) is 5.58. The van der Waals surface area contributed by atoms with E-state index in [0.29, 0.717) is 5.56 Å². The highest BCUT2D eigenvalue weighted by molar-refractivity contribution is 9.11. The van der Waals surface area contributed by atoms with E-state index in [9.17, 15) is 4.79 Å². The highest BCUT2D eigenvalue weighted by atomic mass is 79.9. The number of hydrogen-bond acceptors (Lipinski definition) is 3. The fourth-order valence-electron chi connectivity index (χ4n) is 2.19. The summed E-state index contributed by atoms with van der Waals surface area (Å²) in [6, 6.07) is 10.1. The Labute approximate surface area is 135 Å². The number of aryl methyl sites for hydroxylation is 2. The van der Waals surface area contributed by atoms with Crippen LogP contribution < -0.4 is 0 Å². The number of benzene rings is 1. The SMILES string of the molecule is Cc1ccc(-n2cc(C=O)c(-c3cc(Br)sc3C)n2)cc1. The molecule has 0 amide bonds. The van der Waals surface area contributed by atoms with Gasteiger partial charge in [-0.2, -0.15) is 5.10 Å². The Balaban J connectivity index is 2.12. The van der Waals surface area contributed by atoms with Gasteiger partial charge in [0.15, 0.2) is 6.29 Å². The summed E-state index contributed by atoms with van der Waals surface area (Å²) in [6.45, 7) is 4.08. The number of hydrogen-bond donors (Lipinski definition) is 0. The Morgan fingerprint density at radius 1 is 1.24 bits per heavy atom. The van der Waals surface area contributed by atoms with Crippen molar-refractivity contribution in [3.05, 3.63) is 56.3 Å². The molecule has 0 N–H and O–H groups in total. The zero-order chi connectivity index (χ0) is 15.0. The molecule has 5 heteroatoms. The predicted molar refractivity (Wildman–Crippen MR) is 89.4 cm³/mol. The summed E-state index contributed by atoms with van der Waals surface area (Å²) in [4.78, 5) is 12.5. The second-order valence-electron chi connectivity index (χ2n) is 4.85. The molecule has 0 aliphatic carbocycles. The third kappa shape index (κ3) is 2.71. The molecule has 0 aliphatic heterocycles. The van der Waals surface area contributed by atoms with Crippen LogP contribution in [-0.4, -0.2) is 16.1 Å². The molecule has 0 saturated heterocycles. The number of aromatic nitrogens is 2. The summed E-state index contributed by atoms with van der Waals surface area (Å²) >= 11 is 5.12. The Kier molecular flexibility index (Phi) is 3.78. The fourth-order valence-corrected chi connectivity index (χ4v) is 3.89. The van der Waals surface area contributed by atoms with E-state index in [2.05, 4.69) is 21.0 Å². The number of rotatable bonds is 3. The van der Waals surface area contributed by atoms with E-state index < -0.39 is 0 Å². The molecule has 0 bridgehead atoms. The van der Waals surface area contributed by atoms with Gasteiger partial charge < -0.3 is 0 Å². The van der Waals surface area contributed by atoms with Crippen LogP contribution >= 0.6 is 27.3 Å². The average molecular weight is 361 g/mol. The molecular formula is C16H13BrN2OS. The van der Waals surface area contributed by atoms with Crippen LogP contribution in [0, 0.1) is 13.8 Å². The number of thiophene rings is 1. The summed E-state index contributed by atoms with van der Waals surface area (Å²) < 4.78 is 2.79. The second-order valence-corrected chi connectivity index (χ2v) is 7.49. The molecule has 0 spiro atoms. The minimum Gasteiger partial charge on any atom is -0.298 e. The van der Waals surface area contributed by atoms with E-state index in [0.717, 1.165) is 31.9 Å². The van der Waals surface area contributed by atoms with Crippen molar-refractivity contribution in [1.29, 1.82) is 0 Å². The van der Waals surface area contributed by atoms with Crippen LogP contribution in [0.3, 0.4) is 0 Å². The Bertz CT molecular complexity index is 802. The Hall–Kier alpha value is -1.72. The van der Waals surface area contributed by atoms with Crippen LogP contribution in [0.25, 0.3) is 16.9 Å². The molecule has 21 heavy (non-hydrogen) atoms. The van der Waals surface area contributed by atoms with Gasteiger partial charge in [-0.1, -0.05) is 17.7 Å². The van der Waals surface area contributed by atoms with Gasteiger partial charge >= 0.3 is 0 Å². The van der Waals surface area contributed by atoms with Gasteiger partial charge in [0.25, 0.3) is 0 Å². The minimum atomic E-state index is 0.601. The first kappa shape index (κ1) is 14.2. The standard InChI is InChI=1S/C16H13BrN2OS/c1-10-3-5-13(6-4-10)19-8-12(9-20)16(18-19)14-7-15(17)21-11(14)2/h3-9H,1-2H3. The van der Waals surface area contributed by atoms with Crippen molar-refractivity contribution < 1.29 is 4.79 Å². The van der Waals surface area contributed by atoms with Crippen LogP contribution in [0.2, 0.25) is 0 Å². The van der Waals surface area contributed by atoms with E-state index in [1.54, 1.807) is 22.2 Å². The molecule has 2 aromatic heterocycles.